The zero-order chi connectivity index (χ0) is 13.7. The van der Waals surface area contributed by atoms with Crippen LogP contribution in [0.15, 0.2) is 46.9 Å². The van der Waals surface area contributed by atoms with E-state index in [0.29, 0.717) is 6.61 Å². The van der Waals surface area contributed by atoms with Crippen LogP contribution < -0.4 is 10.1 Å². The van der Waals surface area contributed by atoms with Crippen molar-refractivity contribution in [1.29, 1.82) is 0 Å². The monoisotopic (exact) mass is 339 g/mol. The van der Waals surface area contributed by atoms with Crippen molar-refractivity contribution in [2.45, 2.75) is 6.92 Å². The second-order valence-corrected chi connectivity index (χ2v) is 5.55. The third-order valence-corrected chi connectivity index (χ3v) is 3.38. The first-order chi connectivity index (χ1) is 9.15. The number of hydrogen-bond acceptors (Lipinski definition) is 2. The van der Waals surface area contributed by atoms with Crippen LogP contribution in [-0.2, 0) is 0 Å². The van der Waals surface area contributed by atoms with Crippen LogP contribution in [0.2, 0.25) is 5.02 Å². The van der Waals surface area contributed by atoms with Crippen molar-refractivity contribution in [1.82, 2.24) is 0 Å². The zero-order valence-electron chi connectivity index (χ0n) is 10.6. The summed E-state index contributed by atoms with van der Waals surface area (Å²) in [5.41, 5.74) is 2.13. The number of ether oxygens (including phenoxy) is 1. The first-order valence-corrected chi connectivity index (χ1v) is 7.20. The van der Waals surface area contributed by atoms with Crippen LogP contribution in [0.3, 0.4) is 0 Å². The topological polar surface area (TPSA) is 21.3 Å². The Hall–Kier alpha value is -1.19. The molecular formula is C15H15BrClNO. The van der Waals surface area contributed by atoms with Crippen LogP contribution in [0, 0.1) is 6.92 Å². The molecule has 0 heterocycles. The summed E-state index contributed by atoms with van der Waals surface area (Å²) in [7, 11) is 0. The summed E-state index contributed by atoms with van der Waals surface area (Å²) >= 11 is 9.35. The first-order valence-electron chi connectivity index (χ1n) is 6.03. The van der Waals surface area contributed by atoms with Gasteiger partial charge in [-0.3, -0.25) is 0 Å². The molecule has 0 aliphatic heterocycles. The van der Waals surface area contributed by atoms with E-state index < -0.39 is 0 Å². The highest BCUT2D eigenvalue weighted by atomic mass is 79.9. The highest BCUT2D eigenvalue weighted by molar-refractivity contribution is 9.10. The van der Waals surface area contributed by atoms with Gasteiger partial charge in [0.2, 0.25) is 0 Å². The number of halogens is 2. The van der Waals surface area contributed by atoms with Crippen molar-refractivity contribution >= 4 is 33.2 Å². The SMILES string of the molecule is Cc1cc(Br)ccc1OCCNc1cccc(Cl)c1. The molecule has 19 heavy (non-hydrogen) atoms. The molecule has 4 heteroatoms. The molecule has 0 unspecified atom stereocenters. The predicted octanol–water partition coefficient (Wildman–Crippen LogP) is 4.90. The Balaban J connectivity index is 1.81. The summed E-state index contributed by atoms with van der Waals surface area (Å²) in [6, 6.07) is 13.6. The van der Waals surface area contributed by atoms with Gasteiger partial charge in [0.15, 0.2) is 0 Å². The summed E-state index contributed by atoms with van der Waals surface area (Å²) in [6.45, 7) is 3.37. The summed E-state index contributed by atoms with van der Waals surface area (Å²) in [4.78, 5) is 0. The Morgan fingerprint density at radius 3 is 2.79 bits per heavy atom. The molecule has 1 N–H and O–H groups in total. The van der Waals surface area contributed by atoms with E-state index in [0.717, 1.165) is 33.0 Å². The van der Waals surface area contributed by atoms with Crippen LogP contribution in [-0.4, -0.2) is 13.2 Å². The van der Waals surface area contributed by atoms with Crippen molar-refractivity contribution in [3.63, 3.8) is 0 Å². The Morgan fingerprint density at radius 1 is 1.21 bits per heavy atom. The minimum absolute atomic E-state index is 0.606. The van der Waals surface area contributed by atoms with Crippen LogP contribution in [0.1, 0.15) is 5.56 Å². The summed E-state index contributed by atoms with van der Waals surface area (Å²) in [5.74, 6) is 0.913. The Morgan fingerprint density at radius 2 is 2.05 bits per heavy atom. The minimum Gasteiger partial charge on any atom is -0.491 e. The lowest BCUT2D eigenvalue weighted by Crippen LogP contribution is -2.11. The molecule has 0 atom stereocenters. The van der Waals surface area contributed by atoms with Crippen molar-refractivity contribution in [2.75, 3.05) is 18.5 Å². The highest BCUT2D eigenvalue weighted by Crippen LogP contribution is 2.22. The largest absolute Gasteiger partial charge is 0.491 e. The van der Waals surface area contributed by atoms with E-state index in [4.69, 9.17) is 16.3 Å². The number of anilines is 1. The van der Waals surface area contributed by atoms with E-state index in [9.17, 15) is 0 Å². The lowest BCUT2D eigenvalue weighted by atomic mass is 10.2. The maximum absolute atomic E-state index is 5.91. The zero-order valence-corrected chi connectivity index (χ0v) is 13.0. The van der Waals surface area contributed by atoms with Gasteiger partial charge in [0, 0.05) is 21.7 Å². The smallest absolute Gasteiger partial charge is 0.122 e. The first kappa shape index (κ1) is 14.2. The highest BCUT2D eigenvalue weighted by Gasteiger charge is 2.00. The summed E-state index contributed by atoms with van der Waals surface area (Å²) in [5, 5.41) is 4.00. The van der Waals surface area contributed by atoms with Crippen LogP contribution in [0.5, 0.6) is 5.75 Å². The van der Waals surface area contributed by atoms with E-state index in [-0.39, 0.29) is 0 Å². The van der Waals surface area contributed by atoms with Crippen molar-refractivity contribution in [3.8, 4) is 5.75 Å². The second-order valence-electron chi connectivity index (χ2n) is 4.20. The number of rotatable bonds is 5. The van der Waals surface area contributed by atoms with E-state index in [1.165, 1.54) is 0 Å². The van der Waals surface area contributed by atoms with Gasteiger partial charge in [-0.05, 0) is 48.9 Å². The normalized spacial score (nSPS) is 10.3. The fourth-order valence-electron chi connectivity index (χ4n) is 1.73. The molecule has 0 aromatic heterocycles. The maximum Gasteiger partial charge on any atom is 0.122 e. The van der Waals surface area contributed by atoms with Gasteiger partial charge in [-0.2, -0.15) is 0 Å². The molecule has 0 aliphatic carbocycles. The minimum atomic E-state index is 0.606. The van der Waals surface area contributed by atoms with Gasteiger partial charge in [-0.15, -0.1) is 0 Å². The molecule has 2 rings (SSSR count). The lowest BCUT2D eigenvalue weighted by molar-refractivity contribution is 0.330. The molecule has 0 bridgehead atoms. The molecule has 0 radical (unpaired) electrons. The van der Waals surface area contributed by atoms with Crippen molar-refractivity contribution in [3.05, 3.63) is 57.5 Å². The molecule has 0 aliphatic rings. The molecule has 2 aromatic rings. The van der Waals surface area contributed by atoms with Gasteiger partial charge in [-0.25, -0.2) is 0 Å². The van der Waals surface area contributed by atoms with E-state index in [2.05, 4.69) is 21.2 Å². The third kappa shape index (κ3) is 4.44. The molecule has 0 spiro atoms. The molecule has 100 valence electrons. The molecule has 2 nitrogen and oxygen atoms in total. The third-order valence-electron chi connectivity index (χ3n) is 2.65. The average Bonchev–Trinajstić information content (AvgIpc) is 2.37. The predicted molar refractivity (Wildman–Crippen MR) is 84.3 cm³/mol. The maximum atomic E-state index is 5.91. The fraction of sp³-hybridized carbons (Fsp3) is 0.200. The fourth-order valence-corrected chi connectivity index (χ4v) is 2.40. The Kier molecular flexibility index (Phi) is 5.11. The summed E-state index contributed by atoms with van der Waals surface area (Å²) < 4.78 is 6.79. The van der Waals surface area contributed by atoms with Gasteiger partial charge in [0.25, 0.3) is 0 Å². The number of benzene rings is 2. The number of hydrogen-bond donors (Lipinski definition) is 1. The average molecular weight is 341 g/mol. The van der Waals surface area contributed by atoms with Crippen molar-refractivity contribution in [2.24, 2.45) is 0 Å². The molecule has 0 amide bonds. The second kappa shape index (κ2) is 6.83. The van der Waals surface area contributed by atoms with Crippen LogP contribution in [0.4, 0.5) is 5.69 Å². The number of aryl methyl sites for hydroxylation is 1. The quantitative estimate of drug-likeness (QED) is 0.782. The van der Waals surface area contributed by atoms with E-state index >= 15 is 0 Å². The van der Waals surface area contributed by atoms with E-state index in [1.54, 1.807) is 0 Å². The lowest BCUT2D eigenvalue weighted by Gasteiger charge is -2.11. The van der Waals surface area contributed by atoms with E-state index in [1.807, 2.05) is 49.4 Å². The molecule has 0 saturated carbocycles. The molecule has 0 fully saturated rings. The Labute approximate surface area is 126 Å². The van der Waals surface area contributed by atoms with Crippen molar-refractivity contribution < 1.29 is 4.74 Å². The van der Waals surface area contributed by atoms with Gasteiger partial charge in [0.1, 0.15) is 12.4 Å². The van der Waals surface area contributed by atoms with Crippen LogP contribution in [0.25, 0.3) is 0 Å². The molecule has 2 aromatic carbocycles. The molecule has 0 saturated heterocycles. The summed E-state index contributed by atoms with van der Waals surface area (Å²) in [6.07, 6.45) is 0. The standard InChI is InChI=1S/C15H15BrClNO/c1-11-9-12(16)5-6-15(11)19-8-7-18-14-4-2-3-13(17)10-14/h2-6,9-10,18H,7-8H2,1H3. The Bertz CT molecular complexity index is 560. The van der Waals surface area contributed by atoms with Gasteiger partial charge in [-0.1, -0.05) is 33.6 Å². The van der Waals surface area contributed by atoms with Gasteiger partial charge >= 0.3 is 0 Å². The van der Waals surface area contributed by atoms with Gasteiger partial charge < -0.3 is 10.1 Å². The molecular weight excluding hydrogens is 326 g/mol. The number of nitrogens with one attached hydrogen (secondary N) is 1. The van der Waals surface area contributed by atoms with Gasteiger partial charge in [0.05, 0.1) is 0 Å². The van der Waals surface area contributed by atoms with Crippen LogP contribution >= 0.6 is 27.5 Å².